The van der Waals surface area contributed by atoms with Crippen LogP contribution in [-0.4, -0.2) is 0 Å². The first-order valence-corrected chi connectivity index (χ1v) is 25.2. The van der Waals surface area contributed by atoms with Gasteiger partial charge in [-0.2, -0.15) is 0 Å². The monoisotopic (exact) mass is 919 g/mol. The van der Waals surface area contributed by atoms with Gasteiger partial charge in [0, 0.05) is 57.1 Å². The third kappa shape index (κ3) is 10.8. The molecule has 0 amide bonds. The molecule has 3 nitrogen and oxygen atoms in total. The number of benzene rings is 10. The number of nitrogens with zero attached hydrogens (tertiary/aromatic N) is 3. The van der Waals surface area contributed by atoms with Crippen LogP contribution in [0.15, 0.2) is 279 Å². The van der Waals surface area contributed by atoms with E-state index in [9.17, 15) is 0 Å². The highest BCUT2D eigenvalue weighted by molar-refractivity contribution is 5.83. The van der Waals surface area contributed by atoms with Crippen molar-refractivity contribution in [3.05, 3.63) is 307 Å². The summed E-state index contributed by atoms with van der Waals surface area (Å²) in [5.74, 6) is 1.12. The van der Waals surface area contributed by atoms with Crippen LogP contribution < -0.4 is 14.7 Å². The predicted molar refractivity (Wildman–Crippen MR) is 301 cm³/mol. The average Bonchev–Trinajstić information content (AvgIpc) is 3.44. The van der Waals surface area contributed by atoms with Gasteiger partial charge in [-0.15, -0.1) is 0 Å². The lowest BCUT2D eigenvalue weighted by atomic mass is 9.83. The topological polar surface area (TPSA) is 9.72 Å². The molecule has 3 heteroatoms. The van der Waals surface area contributed by atoms with Crippen LogP contribution in [0.2, 0.25) is 0 Å². The summed E-state index contributed by atoms with van der Waals surface area (Å²) in [6.07, 6.45) is 3.36. The summed E-state index contributed by atoms with van der Waals surface area (Å²) < 4.78 is 0. The molecule has 10 aromatic carbocycles. The van der Waals surface area contributed by atoms with Crippen LogP contribution >= 0.6 is 0 Å². The Labute approximate surface area is 421 Å². The van der Waals surface area contributed by atoms with Gasteiger partial charge in [0.15, 0.2) is 0 Å². The van der Waals surface area contributed by atoms with Crippen molar-refractivity contribution in [2.45, 2.75) is 50.9 Å². The summed E-state index contributed by atoms with van der Waals surface area (Å²) in [7, 11) is 0. The summed E-state index contributed by atoms with van der Waals surface area (Å²) in [5, 5.41) is 0. The number of anilines is 9. The maximum Gasteiger partial charge on any atom is 0.0463 e. The Kier molecular flexibility index (Phi) is 14.6. The Morgan fingerprint density at radius 1 is 0.254 bits per heavy atom. The lowest BCUT2D eigenvalue weighted by Gasteiger charge is -2.29. The largest absolute Gasteiger partial charge is 0.311 e. The fourth-order valence-corrected chi connectivity index (χ4v) is 10.2. The average molecular weight is 920 g/mol. The standard InChI is InChI=1S/C68H61N3/c1-3-53(55-36-38-58(39-37-55)68(56-22-10-4-11-23-56)57-24-12-5-13-25-57)35-34-52(2)54-40-42-63(43-41-54)71(66-48-44-64(45-49-66)69(59-26-14-6-15-27-59)60-28-16-7-17-29-60)67-50-46-65(47-51-67)70(61-30-18-8-19-31-61)62-32-20-9-21-33-62/h4-33,36-53,68H,3,34-35H2,1-2H3. The fraction of sp³-hybridized carbons (Fsp3) is 0.118. The Hall–Kier alpha value is -8.40. The van der Waals surface area contributed by atoms with Crippen LogP contribution in [0.25, 0.3) is 0 Å². The molecule has 0 N–H and O–H groups in total. The van der Waals surface area contributed by atoms with Gasteiger partial charge in [-0.25, -0.2) is 0 Å². The molecule has 10 aromatic rings. The molecule has 2 atom stereocenters. The Bertz CT molecular complexity index is 2900. The highest BCUT2D eigenvalue weighted by Crippen LogP contribution is 2.42. The molecule has 0 fully saturated rings. The molecule has 0 saturated heterocycles. The van der Waals surface area contributed by atoms with Crippen LogP contribution in [0.5, 0.6) is 0 Å². The Morgan fingerprint density at radius 2 is 0.493 bits per heavy atom. The maximum absolute atomic E-state index is 2.39. The molecule has 0 radical (unpaired) electrons. The SMILES string of the molecule is CCC(CCC(C)c1ccc(N(c2ccc(N(c3ccccc3)c3ccccc3)cc2)c2ccc(N(c3ccccc3)c3ccccc3)cc2)cc1)c1ccc(C(c2ccccc2)c2ccccc2)cc1. The molecule has 2 unspecified atom stereocenters. The minimum Gasteiger partial charge on any atom is -0.311 e. The van der Waals surface area contributed by atoms with Crippen molar-refractivity contribution < 1.29 is 0 Å². The van der Waals surface area contributed by atoms with Crippen molar-refractivity contribution in [3.63, 3.8) is 0 Å². The molecule has 0 heterocycles. The zero-order valence-electron chi connectivity index (χ0n) is 40.8. The van der Waals surface area contributed by atoms with Crippen LogP contribution in [-0.2, 0) is 0 Å². The third-order valence-electron chi connectivity index (χ3n) is 14.0. The predicted octanol–water partition coefficient (Wildman–Crippen LogP) is 19.4. The smallest absolute Gasteiger partial charge is 0.0463 e. The molecule has 0 aromatic heterocycles. The molecule has 0 aliphatic carbocycles. The van der Waals surface area contributed by atoms with E-state index in [-0.39, 0.29) is 5.92 Å². The van der Waals surface area contributed by atoms with Gasteiger partial charge in [0.1, 0.15) is 0 Å². The van der Waals surface area contributed by atoms with Gasteiger partial charge in [-0.3, -0.25) is 0 Å². The van der Waals surface area contributed by atoms with Crippen molar-refractivity contribution in [2.75, 3.05) is 14.7 Å². The zero-order chi connectivity index (χ0) is 48.2. The number of para-hydroxylation sites is 4. The van der Waals surface area contributed by atoms with Crippen molar-refractivity contribution in [2.24, 2.45) is 0 Å². The lowest BCUT2D eigenvalue weighted by Crippen LogP contribution is -2.13. The summed E-state index contributed by atoms with van der Waals surface area (Å²) in [4.78, 5) is 7.00. The molecular weight excluding hydrogens is 859 g/mol. The first-order chi connectivity index (χ1) is 35.1. The number of rotatable bonds is 18. The molecule has 10 rings (SSSR count). The van der Waals surface area contributed by atoms with Crippen molar-refractivity contribution in [1.82, 2.24) is 0 Å². The molecular formula is C68H61N3. The summed E-state index contributed by atoms with van der Waals surface area (Å²) in [5.41, 5.74) is 16.7. The minimum atomic E-state index is 0.207. The van der Waals surface area contributed by atoms with Gasteiger partial charge in [-0.05, 0) is 168 Å². The highest BCUT2D eigenvalue weighted by Gasteiger charge is 2.21. The maximum atomic E-state index is 2.39. The molecule has 71 heavy (non-hydrogen) atoms. The minimum absolute atomic E-state index is 0.207. The van der Waals surface area contributed by atoms with Crippen LogP contribution in [0, 0.1) is 0 Å². The summed E-state index contributed by atoms with van der Waals surface area (Å²) in [6.45, 7) is 4.73. The van der Waals surface area contributed by atoms with E-state index in [1.54, 1.807) is 0 Å². The summed E-state index contributed by atoms with van der Waals surface area (Å²) >= 11 is 0. The molecule has 0 aliphatic heterocycles. The second-order valence-corrected chi connectivity index (χ2v) is 18.5. The van der Waals surface area contributed by atoms with E-state index < -0.39 is 0 Å². The highest BCUT2D eigenvalue weighted by atomic mass is 15.2. The van der Waals surface area contributed by atoms with Crippen LogP contribution in [0.4, 0.5) is 51.2 Å². The number of hydrogen-bond donors (Lipinski definition) is 0. The molecule has 348 valence electrons. The van der Waals surface area contributed by atoms with Gasteiger partial charge >= 0.3 is 0 Å². The van der Waals surface area contributed by atoms with Gasteiger partial charge in [0.05, 0.1) is 0 Å². The van der Waals surface area contributed by atoms with E-state index >= 15 is 0 Å². The van der Waals surface area contributed by atoms with E-state index in [0.717, 1.165) is 70.4 Å². The normalized spacial score (nSPS) is 12.0. The fourth-order valence-electron chi connectivity index (χ4n) is 10.2. The molecule has 0 spiro atoms. The Balaban J connectivity index is 0.916. The van der Waals surface area contributed by atoms with Gasteiger partial charge in [0.2, 0.25) is 0 Å². The second kappa shape index (κ2) is 22.4. The molecule has 0 aliphatic rings. The van der Waals surface area contributed by atoms with Crippen molar-refractivity contribution in [1.29, 1.82) is 0 Å². The van der Waals surface area contributed by atoms with Crippen LogP contribution in [0.1, 0.15) is 78.7 Å². The van der Waals surface area contributed by atoms with Crippen LogP contribution in [0.3, 0.4) is 0 Å². The van der Waals surface area contributed by atoms with E-state index in [1.807, 2.05) is 0 Å². The molecule has 0 bridgehead atoms. The van der Waals surface area contributed by atoms with Gasteiger partial charge in [-0.1, -0.05) is 184 Å². The van der Waals surface area contributed by atoms with Gasteiger partial charge in [0.25, 0.3) is 0 Å². The van der Waals surface area contributed by atoms with Gasteiger partial charge < -0.3 is 14.7 Å². The Morgan fingerprint density at radius 3 is 0.803 bits per heavy atom. The number of hydrogen-bond acceptors (Lipinski definition) is 3. The second-order valence-electron chi connectivity index (χ2n) is 18.5. The van der Waals surface area contributed by atoms with Crippen molar-refractivity contribution >= 4 is 51.2 Å². The summed E-state index contributed by atoms with van der Waals surface area (Å²) in [6, 6.07) is 101. The first kappa shape index (κ1) is 46.3. The lowest BCUT2D eigenvalue weighted by molar-refractivity contribution is 0.535. The van der Waals surface area contributed by atoms with E-state index in [0.29, 0.717) is 11.8 Å². The third-order valence-corrected chi connectivity index (χ3v) is 14.0. The first-order valence-electron chi connectivity index (χ1n) is 25.2. The van der Waals surface area contributed by atoms with E-state index in [4.69, 9.17) is 0 Å². The van der Waals surface area contributed by atoms with E-state index in [1.165, 1.54) is 27.8 Å². The quantitative estimate of drug-likeness (QED) is 0.0794. The molecule has 0 saturated carbocycles. The van der Waals surface area contributed by atoms with E-state index in [2.05, 4.69) is 308 Å². The zero-order valence-corrected chi connectivity index (χ0v) is 40.8. The van der Waals surface area contributed by atoms with Crippen molar-refractivity contribution in [3.8, 4) is 0 Å².